The molecule has 1 aromatic carbocycles. The van der Waals surface area contributed by atoms with Crippen molar-refractivity contribution in [2.24, 2.45) is 0 Å². The third kappa shape index (κ3) is 3.54. The first kappa shape index (κ1) is 14.5. The molecule has 2 rings (SSSR count). The van der Waals surface area contributed by atoms with Gasteiger partial charge in [-0.15, -0.1) is 0 Å². The lowest BCUT2D eigenvalue weighted by Crippen LogP contribution is -2.06. The van der Waals surface area contributed by atoms with Gasteiger partial charge in [0.2, 0.25) is 0 Å². The average molecular weight is 392 g/mol. The molecule has 0 radical (unpaired) electrons. The smallest absolute Gasteiger partial charge is 0.145 e. The molecule has 0 saturated carbocycles. The van der Waals surface area contributed by atoms with Crippen LogP contribution in [0.2, 0.25) is 5.02 Å². The quantitative estimate of drug-likeness (QED) is 0.804. The standard InChI is InChI=1S/C13H12ClFIN3/c1-2-17-13-10(16)7-18-11(19-13)6-8-4-3-5-9(14)12(8)15/h3-5,7H,2,6H2,1H3,(H,17,18,19). The number of aromatic nitrogens is 2. The average Bonchev–Trinajstić information content (AvgIpc) is 2.39. The lowest BCUT2D eigenvalue weighted by atomic mass is 10.1. The highest BCUT2D eigenvalue weighted by molar-refractivity contribution is 14.1. The Hall–Kier alpha value is -0.950. The van der Waals surface area contributed by atoms with Crippen LogP contribution in [0.1, 0.15) is 18.3 Å². The van der Waals surface area contributed by atoms with Crippen molar-refractivity contribution in [1.29, 1.82) is 0 Å². The number of anilines is 1. The zero-order chi connectivity index (χ0) is 13.8. The van der Waals surface area contributed by atoms with Crippen LogP contribution >= 0.6 is 34.2 Å². The van der Waals surface area contributed by atoms with Gasteiger partial charge in [0, 0.05) is 19.2 Å². The fourth-order valence-corrected chi connectivity index (χ4v) is 2.28. The van der Waals surface area contributed by atoms with Gasteiger partial charge in [0.25, 0.3) is 0 Å². The molecule has 0 saturated heterocycles. The molecule has 100 valence electrons. The van der Waals surface area contributed by atoms with Gasteiger partial charge < -0.3 is 5.32 Å². The molecule has 1 aromatic heterocycles. The molecule has 0 spiro atoms. The predicted molar refractivity (Wildman–Crippen MR) is 83.1 cm³/mol. The molecule has 0 bridgehead atoms. The molecular formula is C13H12ClFIN3. The first-order chi connectivity index (χ1) is 9.11. The Morgan fingerprint density at radius 2 is 2.21 bits per heavy atom. The van der Waals surface area contributed by atoms with E-state index >= 15 is 0 Å². The minimum Gasteiger partial charge on any atom is -0.369 e. The van der Waals surface area contributed by atoms with Gasteiger partial charge in [-0.25, -0.2) is 14.4 Å². The predicted octanol–water partition coefficient (Wildman–Crippen LogP) is 3.90. The maximum atomic E-state index is 13.8. The summed E-state index contributed by atoms with van der Waals surface area (Å²) in [6, 6.07) is 4.94. The summed E-state index contributed by atoms with van der Waals surface area (Å²) in [5.41, 5.74) is 0.496. The van der Waals surface area contributed by atoms with E-state index in [2.05, 4.69) is 37.9 Å². The molecule has 0 unspecified atom stereocenters. The normalized spacial score (nSPS) is 10.5. The Balaban J connectivity index is 2.28. The summed E-state index contributed by atoms with van der Waals surface area (Å²) >= 11 is 7.92. The minimum absolute atomic E-state index is 0.120. The van der Waals surface area contributed by atoms with Crippen molar-refractivity contribution in [2.45, 2.75) is 13.3 Å². The van der Waals surface area contributed by atoms with E-state index in [1.54, 1.807) is 18.3 Å². The van der Waals surface area contributed by atoms with Crippen molar-refractivity contribution >= 4 is 40.0 Å². The van der Waals surface area contributed by atoms with E-state index in [9.17, 15) is 4.39 Å². The summed E-state index contributed by atoms with van der Waals surface area (Å²) < 4.78 is 14.8. The summed E-state index contributed by atoms with van der Waals surface area (Å²) in [5.74, 6) is 0.935. The number of hydrogen-bond acceptors (Lipinski definition) is 3. The molecule has 0 aliphatic heterocycles. The maximum Gasteiger partial charge on any atom is 0.145 e. The fraction of sp³-hybridized carbons (Fsp3) is 0.231. The second kappa shape index (κ2) is 6.47. The number of nitrogens with one attached hydrogen (secondary N) is 1. The molecule has 1 heterocycles. The van der Waals surface area contributed by atoms with Crippen LogP contribution in [0, 0.1) is 9.39 Å². The molecule has 0 amide bonds. The van der Waals surface area contributed by atoms with Crippen LogP contribution in [0.15, 0.2) is 24.4 Å². The summed E-state index contributed by atoms with van der Waals surface area (Å²) in [7, 11) is 0. The lowest BCUT2D eigenvalue weighted by molar-refractivity contribution is 0.612. The Labute approximate surface area is 129 Å². The second-order valence-electron chi connectivity index (χ2n) is 3.90. The van der Waals surface area contributed by atoms with E-state index in [1.807, 2.05) is 6.92 Å². The Morgan fingerprint density at radius 1 is 1.42 bits per heavy atom. The van der Waals surface area contributed by atoms with Gasteiger partial charge in [0.1, 0.15) is 17.5 Å². The van der Waals surface area contributed by atoms with Crippen molar-refractivity contribution in [2.75, 3.05) is 11.9 Å². The highest BCUT2D eigenvalue weighted by Gasteiger charge is 2.10. The number of benzene rings is 1. The van der Waals surface area contributed by atoms with Gasteiger partial charge in [-0.05, 0) is 41.1 Å². The number of nitrogens with zero attached hydrogens (tertiary/aromatic N) is 2. The van der Waals surface area contributed by atoms with Crippen LogP contribution in [-0.4, -0.2) is 16.5 Å². The molecule has 0 aliphatic carbocycles. The summed E-state index contributed by atoms with van der Waals surface area (Å²) in [5, 5.41) is 3.27. The largest absolute Gasteiger partial charge is 0.369 e. The van der Waals surface area contributed by atoms with Gasteiger partial charge in [0.05, 0.1) is 8.59 Å². The third-order valence-corrected chi connectivity index (χ3v) is 3.60. The Kier molecular flexibility index (Phi) is 4.93. The highest BCUT2D eigenvalue weighted by atomic mass is 127. The summed E-state index contributed by atoms with van der Waals surface area (Å²) in [6.45, 7) is 2.77. The van der Waals surface area contributed by atoms with Crippen molar-refractivity contribution in [3.63, 3.8) is 0 Å². The van der Waals surface area contributed by atoms with E-state index in [-0.39, 0.29) is 5.02 Å². The van der Waals surface area contributed by atoms with E-state index in [0.717, 1.165) is 15.9 Å². The van der Waals surface area contributed by atoms with Crippen LogP contribution in [0.3, 0.4) is 0 Å². The van der Waals surface area contributed by atoms with Crippen LogP contribution in [0.5, 0.6) is 0 Å². The van der Waals surface area contributed by atoms with Crippen LogP contribution in [0.4, 0.5) is 10.2 Å². The molecule has 0 fully saturated rings. The number of rotatable bonds is 4. The lowest BCUT2D eigenvalue weighted by Gasteiger charge is -2.08. The minimum atomic E-state index is -0.406. The molecule has 3 nitrogen and oxygen atoms in total. The third-order valence-electron chi connectivity index (χ3n) is 2.52. The van der Waals surface area contributed by atoms with Crippen molar-refractivity contribution in [3.8, 4) is 0 Å². The monoisotopic (exact) mass is 391 g/mol. The first-order valence-electron chi connectivity index (χ1n) is 5.80. The van der Waals surface area contributed by atoms with Crippen LogP contribution < -0.4 is 5.32 Å². The van der Waals surface area contributed by atoms with E-state index < -0.39 is 5.82 Å². The maximum absolute atomic E-state index is 13.8. The van der Waals surface area contributed by atoms with Crippen LogP contribution in [0.25, 0.3) is 0 Å². The van der Waals surface area contributed by atoms with E-state index in [0.29, 0.717) is 17.8 Å². The highest BCUT2D eigenvalue weighted by Crippen LogP contribution is 2.21. The number of hydrogen-bond donors (Lipinski definition) is 1. The Bertz CT molecular complexity index is 592. The zero-order valence-electron chi connectivity index (χ0n) is 10.3. The van der Waals surface area contributed by atoms with Crippen LogP contribution in [-0.2, 0) is 6.42 Å². The molecule has 1 N–H and O–H groups in total. The second-order valence-corrected chi connectivity index (χ2v) is 5.47. The van der Waals surface area contributed by atoms with E-state index in [1.165, 1.54) is 6.07 Å². The van der Waals surface area contributed by atoms with Gasteiger partial charge >= 0.3 is 0 Å². The molecule has 0 atom stereocenters. The fourth-order valence-electron chi connectivity index (χ4n) is 1.64. The molecule has 19 heavy (non-hydrogen) atoms. The van der Waals surface area contributed by atoms with Gasteiger partial charge in [-0.1, -0.05) is 23.7 Å². The van der Waals surface area contributed by atoms with Gasteiger partial charge in [0.15, 0.2) is 0 Å². The molecule has 6 heteroatoms. The SMILES string of the molecule is CCNc1nc(Cc2cccc(Cl)c2F)ncc1I. The van der Waals surface area contributed by atoms with Crippen molar-refractivity contribution in [3.05, 3.63) is 50.2 Å². The number of halogens is 3. The molecule has 0 aliphatic rings. The van der Waals surface area contributed by atoms with Crippen molar-refractivity contribution < 1.29 is 4.39 Å². The van der Waals surface area contributed by atoms with Gasteiger partial charge in [-0.2, -0.15) is 0 Å². The first-order valence-corrected chi connectivity index (χ1v) is 7.25. The van der Waals surface area contributed by atoms with E-state index in [4.69, 9.17) is 11.6 Å². The summed E-state index contributed by atoms with van der Waals surface area (Å²) in [4.78, 5) is 8.61. The summed E-state index contributed by atoms with van der Waals surface area (Å²) in [6.07, 6.45) is 2.05. The zero-order valence-corrected chi connectivity index (χ0v) is 13.2. The molecule has 2 aromatic rings. The molecular weight excluding hydrogens is 380 g/mol. The van der Waals surface area contributed by atoms with Gasteiger partial charge in [-0.3, -0.25) is 0 Å². The Morgan fingerprint density at radius 3 is 2.95 bits per heavy atom. The van der Waals surface area contributed by atoms with Crippen molar-refractivity contribution in [1.82, 2.24) is 9.97 Å². The topological polar surface area (TPSA) is 37.8 Å².